The highest BCUT2D eigenvalue weighted by Gasteiger charge is 2.26. The van der Waals surface area contributed by atoms with Gasteiger partial charge in [-0.1, -0.05) is 29.8 Å². The largest absolute Gasteiger partial charge is 0.383 e. The maximum Gasteiger partial charge on any atom is 0.329 e. The quantitative estimate of drug-likeness (QED) is 0.469. The van der Waals surface area contributed by atoms with E-state index in [2.05, 4.69) is 5.10 Å². The Hall–Kier alpha value is -3.32. The fourth-order valence-electron chi connectivity index (χ4n) is 4.47. The molecule has 0 amide bonds. The van der Waals surface area contributed by atoms with Crippen LogP contribution >= 0.6 is 11.6 Å². The highest BCUT2D eigenvalue weighted by atomic mass is 35.5. The van der Waals surface area contributed by atoms with Crippen LogP contribution in [0.2, 0.25) is 0 Å². The summed E-state index contributed by atoms with van der Waals surface area (Å²) in [5.74, 6) is -0.389. The number of hydrogen-bond donors (Lipinski definition) is 1. The summed E-state index contributed by atoms with van der Waals surface area (Å²) in [6, 6.07) is 14.0. The molecular weight excluding hydrogens is 426 g/mol. The number of aryl methyl sites for hydroxylation is 2. The van der Waals surface area contributed by atoms with Crippen molar-refractivity contribution in [2.45, 2.75) is 32.2 Å². The third kappa shape index (κ3) is 3.07. The van der Waals surface area contributed by atoms with Crippen molar-refractivity contribution in [3.8, 4) is 22.4 Å². The van der Waals surface area contributed by atoms with Crippen molar-refractivity contribution in [3.63, 3.8) is 0 Å². The SMILES string of the molecule is Cc1cccc(-c2nn(C(=O)CCl)c(N)c2-c2ccc3c(c2)n(C)c(=O)n3C2CCC2)c1. The molecule has 164 valence electrons. The fourth-order valence-corrected chi connectivity index (χ4v) is 4.59. The molecule has 2 aromatic heterocycles. The predicted molar refractivity (Wildman–Crippen MR) is 127 cm³/mol. The van der Waals surface area contributed by atoms with E-state index in [4.69, 9.17) is 17.3 Å². The lowest BCUT2D eigenvalue weighted by Gasteiger charge is -2.26. The van der Waals surface area contributed by atoms with Crippen molar-refractivity contribution in [3.05, 3.63) is 58.5 Å². The van der Waals surface area contributed by atoms with Crippen LogP contribution in [-0.4, -0.2) is 30.7 Å². The van der Waals surface area contributed by atoms with Crippen molar-refractivity contribution in [1.82, 2.24) is 18.9 Å². The lowest BCUT2D eigenvalue weighted by molar-refractivity contribution is 0.0928. The first kappa shape index (κ1) is 20.6. The van der Waals surface area contributed by atoms with Gasteiger partial charge >= 0.3 is 5.69 Å². The minimum atomic E-state index is -0.395. The van der Waals surface area contributed by atoms with E-state index in [1.54, 1.807) is 11.6 Å². The molecule has 1 aliphatic rings. The lowest BCUT2D eigenvalue weighted by Crippen LogP contribution is -2.29. The molecule has 1 saturated carbocycles. The second-order valence-corrected chi connectivity index (χ2v) is 8.68. The number of carbonyl (C=O) groups excluding carboxylic acids is 1. The van der Waals surface area contributed by atoms with E-state index in [0.717, 1.165) is 47.0 Å². The highest BCUT2D eigenvalue weighted by molar-refractivity contribution is 6.27. The average molecular weight is 450 g/mol. The minimum absolute atomic E-state index is 0.0123. The third-order valence-electron chi connectivity index (χ3n) is 6.38. The molecule has 2 heterocycles. The number of halogens is 1. The molecule has 1 aliphatic carbocycles. The molecule has 0 radical (unpaired) electrons. The van der Waals surface area contributed by atoms with Gasteiger partial charge in [0.1, 0.15) is 17.4 Å². The maximum atomic E-state index is 12.9. The molecule has 2 aromatic carbocycles. The highest BCUT2D eigenvalue weighted by Crippen LogP contribution is 2.39. The second kappa shape index (κ2) is 7.67. The lowest BCUT2D eigenvalue weighted by atomic mass is 9.92. The topological polar surface area (TPSA) is 87.8 Å². The monoisotopic (exact) mass is 449 g/mol. The number of aromatic nitrogens is 4. The van der Waals surface area contributed by atoms with Gasteiger partial charge in [0.05, 0.1) is 16.6 Å². The minimum Gasteiger partial charge on any atom is -0.383 e. The van der Waals surface area contributed by atoms with E-state index in [0.29, 0.717) is 11.3 Å². The number of nitrogen functional groups attached to an aromatic ring is 1. The van der Waals surface area contributed by atoms with Crippen LogP contribution in [0.15, 0.2) is 47.3 Å². The number of hydrogen-bond acceptors (Lipinski definition) is 4. The first-order valence-corrected chi connectivity index (χ1v) is 11.2. The van der Waals surface area contributed by atoms with Gasteiger partial charge < -0.3 is 5.73 Å². The van der Waals surface area contributed by atoms with E-state index in [9.17, 15) is 9.59 Å². The van der Waals surface area contributed by atoms with Gasteiger partial charge in [-0.2, -0.15) is 9.78 Å². The van der Waals surface area contributed by atoms with Gasteiger partial charge in [-0.15, -0.1) is 11.6 Å². The summed E-state index contributed by atoms with van der Waals surface area (Å²) in [4.78, 5) is 25.3. The Kier molecular flexibility index (Phi) is 4.93. The molecule has 8 heteroatoms. The number of benzene rings is 2. The van der Waals surface area contributed by atoms with E-state index in [1.807, 2.05) is 54.0 Å². The summed E-state index contributed by atoms with van der Waals surface area (Å²) in [6.07, 6.45) is 3.20. The molecule has 0 unspecified atom stereocenters. The Morgan fingerprint density at radius 2 is 1.94 bits per heavy atom. The normalized spacial score (nSPS) is 14.1. The number of nitrogens with two attached hydrogens (primary N) is 1. The summed E-state index contributed by atoms with van der Waals surface area (Å²) in [6.45, 7) is 2.00. The first-order chi connectivity index (χ1) is 15.4. The Bertz CT molecular complexity index is 1420. The van der Waals surface area contributed by atoms with E-state index >= 15 is 0 Å². The van der Waals surface area contributed by atoms with Gasteiger partial charge in [-0.3, -0.25) is 13.9 Å². The number of rotatable bonds is 4. The second-order valence-electron chi connectivity index (χ2n) is 8.42. The Labute approximate surface area is 190 Å². The molecule has 5 rings (SSSR count). The zero-order chi connectivity index (χ0) is 22.6. The molecular formula is C24H24ClN5O2. The van der Waals surface area contributed by atoms with Crippen LogP contribution in [0.3, 0.4) is 0 Å². The Balaban J connectivity index is 1.75. The maximum absolute atomic E-state index is 12.9. The number of alkyl halides is 1. The molecule has 7 nitrogen and oxygen atoms in total. The van der Waals surface area contributed by atoms with E-state index < -0.39 is 5.91 Å². The summed E-state index contributed by atoms with van der Waals surface area (Å²) >= 11 is 5.80. The van der Waals surface area contributed by atoms with Gasteiger partial charge in [0.15, 0.2) is 0 Å². The first-order valence-electron chi connectivity index (χ1n) is 10.7. The summed E-state index contributed by atoms with van der Waals surface area (Å²) in [5.41, 5.74) is 12.1. The van der Waals surface area contributed by atoms with Gasteiger partial charge in [0.25, 0.3) is 5.91 Å². The average Bonchev–Trinajstić information content (AvgIpc) is 3.22. The molecule has 0 spiro atoms. The van der Waals surface area contributed by atoms with E-state index in [-0.39, 0.29) is 23.4 Å². The molecule has 0 aliphatic heterocycles. The van der Waals surface area contributed by atoms with Crippen LogP contribution in [0.25, 0.3) is 33.4 Å². The zero-order valence-electron chi connectivity index (χ0n) is 18.0. The van der Waals surface area contributed by atoms with Crippen LogP contribution in [0, 0.1) is 6.92 Å². The molecule has 0 saturated heterocycles. The molecule has 32 heavy (non-hydrogen) atoms. The third-order valence-corrected chi connectivity index (χ3v) is 6.61. The van der Waals surface area contributed by atoms with Crippen molar-refractivity contribution in [1.29, 1.82) is 0 Å². The van der Waals surface area contributed by atoms with Crippen molar-refractivity contribution < 1.29 is 4.79 Å². The van der Waals surface area contributed by atoms with Crippen LogP contribution in [0.4, 0.5) is 5.82 Å². The smallest absolute Gasteiger partial charge is 0.329 e. The van der Waals surface area contributed by atoms with Crippen molar-refractivity contribution >= 4 is 34.4 Å². The molecule has 2 N–H and O–H groups in total. The molecule has 1 fully saturated rings. The number of anilines is 1. The van der Waals surface area contributed by atoms with Crippen molar-refractivity contribution in [2.24, 2.45) is 7.05 Å². The van der Waals surface area contributed by atoms with Crippen LogP contribution in [0.5, 0.6) is 0 Å². The summed E-state index contributed by atoms with van der Waals surface area (Å²) < 4.78 is 4.74. The predicted octanol–water partition coefficient (Wildman–Crippen LogP) is 4.37. The van der Waals surface area contributed by atoms with Gasteiger partial charge in [0.2, 0.25) is 0 Å². The fraction of sp³-hybridized carbons (Fsp3) is 0.292. The van der Waals surface area contributed by atoms with E-state index in [1.165, 1.54) is 4.68 Å². The number of nitrogens with zero attached hydrogens (tertiary/aromatic N) is 4. The summed E-state index contributed by atoms with van der Waals surface area (Å²) in [7, 11) is 1.79. The Morgan fingerprint density at radius 3 is 2.59 bits per heavy atom. The molecule has 4 aromatic rings. The van der Waals surface area contributed by atoms with Crippen LogP contribution in [0.1, 0.15) is 35.7 Å². The van der Waals surface area contributed by atoms with Gasteiger partial charge in [-0.05, 0) is 49.9 Å². The van der Waals surface area contributed by atoms with Crippen molar-refractivity contribution in [2.75, 3.05) is 11.6 Å². The summed E-state index contributed by atoms with van der Waals surface area (Å²) in [5, 5.41) is 4.53. The number of carbonyl (C=O) groups is 1. The van der Waals surface area contributed by atoms with Gasteiger partial charge in [-0.25, -0.2) is 4.79 Å². The van der Waals surface area contributed by atoms with Gasteiger partial charge in [0, 0.05) is 18.7 Å². The number of fused-ring (bicyclic) bond motifs is 1. The molecule has 0 bridgehead atoms. The standard InChI is InChI=1S/C24H24ClN5O2/c1-14-5-3-6-16(11-14)22-21(23(26)30(27-22)20(31)13-25)15-9-10-18-19(12-15)28(2)24(32)29(18)17-7-4-8-17/h3,5-6,9-12,17H,4,7-8,13,26H2,1-2H3. The zero-order valence-corrected chi connectivity index (χ0v) is 18.8. The number of imidazole rings is 1. The molecule has 0 atom stereocenters. The van der Waals surface area contributed by atoms with Crippen LogP contribution in [-0.2, 0) is 7.05 Å². The Morgan fingerprint density at radius 1 is 1.16 bits per heavy atom. The van der Waals surface area contributed by atoms with Crippen LogP contribution < -0.4 is 11.4 Å².